The molecule has 0 aromatic heterocycles. The van der Waals surface area contributed by atoms with E-state index < -0.39 is 17.9 Å². The van der Waals surface area contributed by atoms with Gasteiger partial charge in [0, 0.05) is 0 Å². The summed E-state index contributed by atoms with van der Waals surface area (Å²) in [5.74, 6) is -0.997. The van der Waals surface area contributed by atoms with Gasteiger partial charge in [-0.25, -0.2) is 0 Å². The average Bonchev–Trinajstić information content (AvgIpc) is 2.52. The van der Waals surface area contributed by atoms with E-state index in [4.69, 9.17) is 9.84 Å². The molecule has 2 aromatic carbocycles. The molecule has 0 radical (unpaired) electrons. The van der Waals surface area contributed by atoms with Crippen molar-refractivity contribution < 1.29 is 19.4 Å². The molecule has 0 spiro atoms. The van der Waals surface area contributed by atoms with Crippen molar-refractivity contribution in [2.45, 2.75) is 25.8 Å². The molecule has 2 unspecified atom stereocenters. The van der Waals surface area contributed by atoms with Gasteiger partial charge in [0.1, 0.15) is 11.8 Å². The molecule has 2 N–H and O–H groups in total. The number of hydrogen-bond acceptors (Lipinski definition) is 3. The van der Waals surface area contributed by atoms with Crippen molar-refractivity contribution in [3.8, 4) is 5.75 Å². The molecule has 0 bridgehead atoms. The summed E-state index contributed by atoms with van der Waals surface area (Å²) >= 11 is 0. The molecule has 0 heterocycles. The van der Waals surface area contributed by atoms with Gasteiger partial charge in [-0.05, 0) is 42.3 Å². The molecule has 0 aliphatic heterocycles. The molecule has 2 aromatic rings. The number of aliphatic carboxylic acids is 1. The van der Waals surface area contributed by atoms with E-state index >= 15 is 0 Å². The van der Waals surface area contributed by atoms with Crippen LogP contribution in [0.4, 0.5) is 0 Å². The fourth-order valence-electron chi connectivity index (χ4n) is 2.19. The van der Waals surface area contributed by atoms with Gasteiger partial charge in [0.2, 0.25) is 5.91 Å². The Morgan fingerprint density at radius 1 is 1.09 bits per heavy atom. The fourth-order valence-corrected chi connectivity index (χ4v) is 2.19. The lowest BCUT2D eigenvalue weighted by molar-refractivity contribution is -0.141. The number of nitrogens with one attached hydrogen (secondary N) is 1. The number of carbonyl (C=O) groups excluding carboxylic acids is 1. The first-order valence-corrected chi connectivity index (χ1v) is 7.03. The third-order valence-corrected chi connectivity index (χ3v) is 3.69. The van der Waals surface area contributed by atoms with Crippen LogP contribution in [0.1, 0.15) is 25.3 Å². The molecule has 5 nitrogen and oxygen atoms in total. The summed E-state index contributed by atoms with van der Waals surface area (Å²) in [6.45, 7) is 3.20. The second kappa shape index (κ2) is 6.47. The third kappa shape index (κ3) is 3.36. The highest BCUT2D eigenvalue weighted by Crippen LogP contribution is 2.25. The molecule has 0 saturated carbocycles. The molecule has 1 amide bonds. The van der Waals surface area contributed by atoms with Crippen molar-refractivity contribution in [1.29, 1.82) is 0 Å². The van der Waals surface area contributed by atoms with Gasteiger partial charge in [-0.15, -0.1) is 0 Å². The van der Waals surface area contributed by atoms with Gasteiger partial charge >= 0.3 is 5.97 Å². The van der Waals surface area contributed by atoms with Gasteiger partial charge in [0.15, 0.2) is 0 Å². The topological polar surface area (TPSA) is 75.6 Å². The Morgan fingerprint density at radius 3 is 2.36 bits per heavy atom. The quantitative estimate of drug-likeness (QED) is 0.890. The number of amides is 1. The lowest BCUT2D eigenvalue weighted by atomic mass is 9.96. The van der Waals surface area contributed by atoms with Crippen LogP contribution in [0.15, 0.2) is 36.4 Å². The molecule has 0 saturated heterocycles. The van der Waals surface area contributed by atoms with Crippen molar-refractivity contribution >= 4 is 22.6 Å². The Bertz CT molecular complexity index is 711. The Labute approximate surface area is 128 Å². The molecule has 2 atom stereocenters. The van der Waals surface area contributed by atoms with Crippen LogP contribution in [0.3, 0.4) is 0 Å². The van der Waals surface area contributed by atoms with Crippen LogP contribution < -0.4 is 10.1 Å². The summed E-state index contributed by atoms with van der Waals surface area (Å²) in [6.07, 6.45) is 0. The van der Waals surface area contributed by atoms with Crippen LogP contribution in [0.25, 0.3) is 10.8 Å². The SMILES string of the molecule is COc1ccc2cc(C(C)C(=O)NC(C)C(=O)O)ccc2c1. The van der Waals surface area contributed by atoms with E-state index in [1.165, 1.54) is 6.92 Å². The summed E-state index contributed by atoms with van der Waals surface area (Å²) in [7, 11) is 1.62. The zero-order valence-electron chi connectivity index (χ0n) is 12.8. The average molecular weight is 301 g/mol. The molecule has 0 aliphatic rings. The number of carbonyl (C=O) groups is 2. The maximum absolute atomic E-state index is 12.1. The Morgan fingerprint density at radius 2 is 1.73 bits per heavy atom. The minimum atomic E-state index is -1.05. The smallest absolute Gasteiger partial charge is 0.325 e. The van der Waals surface area contributed by atoms with E-state index in [1.54, 1.807) is 14.0 Å². The Balaban J connectivity index is 2.22. The molecule has 22 heavy (non-hydrogen) atoms. The highest BCUT2D eigenvalue weighted by Gasteiger charge is 2.20. The van der Waals surface area contributed by atoms with E-state index in [0.717, 1.165) is 22.1 Å². The van der Waals surface area contributed by atoms with Gasteiger partial charge in [-0.2, -0.15) is 0 Å². The van der Waals surface area contributed by atoms with Gasteiger partial charge in [-0.1, -0.05) is 24.3 Å². The maximum Gasteiger partial charge on any atom is 0.325 e. The van der Waals surface area contributed by atoms with Gasteiger partial charge < -0.3 is 15.2 Å². The number of carboxylic acid groups (broad SMARTS) is 1. The van der Waals surface area contributed by atoms with E-state index in [1.807, 2.05) is 36.4 Å². The van der Waals surface area contributed by atoms with Gasteiger partial charge in [0.25, 0.3) is 0 Å². The fraction of sp³-hybridized carbons (Fsp3) is 0.294. The third-order valence-electron chi connectivity index (χ3n) is 3.69. The summed E-state index contributed by atoms with van der Waals surface area (Å²) < 4.78 is 5.18. The number of fused-ring (bicyclic) bond motifs is 1. The highest BCUT2D eigenvalue weighted by atomic mass is 16.5. The zero-order valence-corrected chi connectivity index (χ0v) is 12.8. The largest absolute Gasteiger partial charge is 0.497 e. The molecular weight excluding hydrogens is 282 g/mol. The number of hydrogen-bond donors (Lipinski definition) is 2. The number of rotatable bonds is 5. The maximum atomic E-state index is 12.1. The number of benzene rings is 2. The summed E-state index contributed by atoms with van der Waals surface area (Å²) in [6, 6.07) is 10.6. The summed E-state index contributed by atoms with van der Waals surface area (Å²) in [5, 5.41) is 13.4. The lowest BCUT2D eigenvalue weighted by Crippen LogP contribution is -2.40. The zero-order chi connectivity index (χ0) is 16.3. The van der Waals surface area contributed by atoms with Gasteiger partial charge in [-0.3, -0.25) is 9.59 Å². The van der Waals surface area contributed by atoms with Crippen LogP contribution in [-0.2, 0) is 9.59 Å². The first-order valence-electron chi connectivity index (χ1n) is 7.03. The molecule has 116 valence electrons. The normalized spacial score (nSPS) is 13.4. The molecule has 0 aliphatic carbocycles. The first-order chi connectivity index (χ1) is 10.4. The van der Waals surface area contributed by atoms with Crippen LogP contribution in [0.2, 0.25) is 0 Å². The van der Waals surface area contributed by atoms with Crippen molar-refractivity contribution in [1.82, 2.24) is 5.32 Å². The summed E-state index contributed by atoms with van der Waals surface area (Å²) in [5.41, 5.74) is 0.841. The molecule has 5 heteroatoms. The van der Waals surface area contributed by atoms with Crippen LogP contribution >= 0.6 is 0 Å². The second-order valence-electron chi connectivity index (χ2n) is 5.26. The minimum Gasteiger partial charge on any atom is -0.497 e. The highest BCUT2D eigenvalue weighted by molar-refractivity contribution is 5.90. The monoisotopic (exact) mass is 301 g/mol. The van der Waals surface area contributed by atoms with Crippen molar-refractivity contribution in [2.24, 2.45) is 0 Å². The van der Waals surface area contributed by atoms with E-state index in [2.05, 4.69) is 5.32 Å². The van der Waals surface area contributed by atoms with Crippen LogP contribution in [-0.4, -0.2) is 30.1 Å². The Kier molecular flexibility index (Phi) is 4.65. The standard InChI is InChI=1S/C17H19NO4/c1-10(16(19)18-11(2)17(20)21)12-4-5-14-9-15(22-3)7-6-13(14)8-12/h4-11H,1-3H3,(H,18,19)(H,20,21). The van der Waals surface area contributed by atoms with Crippen molar-refractivity contribution in [3.05, 3.63) is 42.0 Å². The van der Waals surface area contributed by atoms with Crippen molar-refractivity contribution in [2.75, 3.05) is 7.11 Å². The van der Waals surface area contributed by atoms with Gasteiger partial charge in [0.05, 0.1) is 13.0 Å². The number of carboxylic acids is 1. The second-order valence-corrected chi connectivity index (χ2v) is 5.26. The molecule has 2 rings (SSSR count). The van der Waals surface area contributed by atoms with Crippen LogP contribution in [0.5, 0.6) is 5.75 Å². The van der Waals surface area contributed by atoms with E-state index in [9.17, 15) is 9.59 Å². The molecular formula is C17H19NO4. The number of ether oxygens (including phenoxy) is 1. The lowest BCUT2D eigenvalue weighted by Gasteiger charge is -2.15. The van der Waals surface area contributed by atoms with Crippen molar-refractivity contribution in [3.63, 3.8) is 0 Å². The van der Waals surface area contributed by atoms with E-state index in [0.29, 0.717) is 0 Å². The predicted molar refractivity (Wildman–Crippen MR) is 84.2 cm³/mol. The first kappa shape index (κ1) is 15.8. The molecule has 0 fully saturated rings. The predicted octanol–water partition coefficient (Wildman–Crippen LogP) is 2.54. The van der Waals surface area contributed by atoms with E-state index in [-0.39, 0.29) is 5.91 Å². The minimum absolute atomic E-state index is 0.303. The Hall–Kier alpha value is -2.56. The van der Waals surface area contributed by atoms with Crippen LogP contribution in [0, 0.1) is 0 Å². The summed E-state index contributed by atoms with van der Waals surface area (Å²) in [4.78, 5) is 22.9. The number of methoxy groups -OCH3 is 1.